The Kier molecular flexibility index (Phi) is 11.2. The van der Waals surface area contributed by atoms with Crippen molar-refractivity contribution in [3.8, 4) is 0 Å². The third-order valence-corrected chi connectivity index (χ3v) is 3.62. The van der Waals surface area contributed by atoms with Gasteiger partial charge in [-0.3, -0.25) is 4.84 Å². The highest BCUT2D eigenvalue weighted by Crippen LogP contribution is 2.14. The highest BCUT2D eigenvalue weighted by Gasteiger charge is 2.13. The Morgan fingerprint density at radius 1 is 1.38 bits per heavy atom. The van der Waals surface area contributed by atoms with Gasteiger partial charge in [-0.1, -0.05) is 32.3 Å². The molecule has 0 aliphatic carbocycles. The number of carbonyl (C=O) groups is 1. The standard InChI is InChI=1S/C13H25N3O3S2/c1-7-8-9-18-12(10(2)3)15-21-16(5)13(17)19-14-11(4)20-6/h10H,7-9H2,1-6H3/b14-11-,15-12?. The third kappa shape index (κ3) is 9.62. The van der Waals surface area contributed by atoms with E-state index >= 15 is 0 Å². The van der Waals surface area contributed by atoms with Crippen LogP contribution in [0.15, 0.2) is 9.55 Å². The summed E-state index contributed by atoms with van der Waals surface area (Å²) in [7, 11) is 1.57. The van der Waals surface area contributed by atoms with Crippen molar-refractivity contribution >= 4 is 40.9 Å². The zero-order chi connectivity index (χ0) is 16.3. The number of thioether (sulfide) groups is 1. The maximum Gasteiger partial charge on any atom is 0.447 e. The van der Waals surface area contributed by atoms with Gasteiger partial charge < -0.3 is 4.74 Å². The lowest BCUT2D eigenvalue weighted by molar-refractivity contribution is 0.137. The molecule has 0 rings (SSSR count). The lowest BCUT2D eigenvalue weighted by atomic mass is 10.2. The summed E-state index contributed by atoms with van der Waals surface area (Å²) in [5.74, 6) is 0.785. The lowest BCUT2D eigenvalue weighted by Gasteiger charge is -2.14. The number of nitrogens with zero attached hydrogens (tertiary/aromatic N) is 3. The number of hydrogen-bond acceptors (Lipinski definition) is 7. The van der Waals surface area contributed by atoms with Gasteiger partial charge in [0.2, 0.25) is 0 Å². The third-order valence-electron chi connectivity index (χ3n) is 2.30. The van der Waals surface area contributed by atoms with E-state index in [4.69, 9.17) is 9.57 Å². The number of ether oxygens (including phenoxy) is 1. The molecule has 0 N–H and O–H groups in total. The van der Waals surface area contributed by atoms with Crippen LogP contribution in [-0.2, 0) is 9.57 Å². The SMILES string of the molecule is CCCCOC(=NSN(C)C(=O)O/N=C(/C)SC)C(C)C. The Morgan fingerprint density at radius 3 is 2.57 bits per heavy atom. The van der Waals surface area contributed by atoms with Gasteiger partial charge in [-0.05, 0) is 19.6 Å². The van der Waals surface area contributed by atoms with Crippen LogP contribution in [0.1, 0.15) is 40.5 Å². The molecule has 0 atom stereocenters. The van der Waals surface area contributed by atoms with E-state index in [1.165, 1.54) is 16.1 Å². The Balaban J connectivity index is 4.40. The second kappa shape index (κ2) is 11.7. The van der Waals surface area contributed by atoms with Crippen LogP contribution in [0.4, 0.5) is 4.79 Å². The topological polar surface area (TPSA) is 63.5 Å². The summed E-state index contributed by atoms with van der Waals surface area (Å²) in [6, 6.07) is 0. The van der Waals surface area contributed by atoms with Crippen molar-refractivity contribution in [3.05, 3.63) is 0 Å². The van der Waals surface area contributed by atoms with Crippen LogP contribution in [0.5, 0.6) is 0 Å². The Bertz CT molecular complexity index is 374. The maximum absolute atomic E-state index is 11.7. The average molecular weight is 335 g/mol. The fourth-order valence-electron chi connectivity index (χ4n) is 0.952. The van der Waals surface area contributed by atoms with E-state index in [0.29, 0.717) is 17.5 Å². The molecule has 122 valence electrons. The minimum Gasteiger partial charge on any atom is -0.480 e. The summed E-state index contributed by atoms with van der Waals surface area (Å²) in [4.78, 5) is 16.4. The zero-order valence-corrected chi connectivity index (χ0v) is 15.2. The molecule has 0 aliphatic heterocycles. The molecular weight excluding hydrogens is 310 g/mol. The van der Waals surface area contributed by atoms with Crippen LogP contribution < -0.4 is 0 Å². The van der Waals surface area contributed by atoms with Gasteiger partial charge in [0.25, 0.3) is 0 Å². The minimum absolute atomic E-state index is 0.163. The normalized spacial score (nSPS) is 12.5. The number of unbranched alkanes of at least 4 members (excludes halogenated alkanes) is 1. The van der Waals surface area contributed by atoms with Crippen LogP contribution in [-0.4, -0.2) is 41.3 Å². The first-order valence-corrected chi connectivity index (χ1v) is 8.78. The first-order chi connectivity index (χ1) is 9.92. The molecule has 0 fully saturated rings. The summed E-state index contributed by atoms with van der Waals surface area (Å²) in [5.41, 5.74) is 0. The van der Waals surface area contributed by atoms with E-state index in [2.05, 4.69) is 16.5 Å². The van der Waals surface area contributed by atoms with E-state index in [9.17, 15) is 4.79 Å². The van der Waals surface area contributed by atoms with Crippen molar-refractivity contribution in [2.75, 3.05) is 19.9 Å². The van der Waals surface area contributed by atoms with E-state index < -0.39 is 6.09 Å². The van der Waals surface area contributed by atoms with Gasteiger partial charge in [0, 0.05) is 13.0 Å². The largest absolute Gasteiger partial charge is 0.480 e. The number of rotatable bonds is 7. The van der Waals surface area contributed by atoms with Gasteiger partial charge in [-0.25, -0.2) is 9.10 Å². The fourth-order valence-corrected chi connectivity index (χ4v) is 1.63. The van der Waals surface area contributed by atoms with Gasteiger partial charge in [0.15, 0.2) is 5.90 Å². The summed E-state index contributed by atoms with van der Waals surface area (Å²) >= 11 is 2.40. The first-order valence-electron chi connectivity index (χ1n) is 6.83. The highest BCUT2D eigenvalue weighted by atomic mass is 32.2. The van der Waals surface area contributed by atoms with Crippen LogP contribution in [0.25, 0.3) is 0 Å². The van der Waals surface area contributed by atoms with Gasteiger partial charge in [-0.2, -0.15) is 4.40 Å². The zero-order valence-electron chi connectivity index (χ0n) is 13.6. The van der Waals surface area contributed by atoms with E-state index in [-0.39, 0.29) is 5.92 Å². The molecule has 0 aliphatic rings. The van der Waals surface area contributed by atoms with Crippen molar-refractivity contribution in [2.45, 2.75) is 40.5 Å². The summed E-state index contributed by atoms with van der Waals surface area (Å²) in [6.45, 7) is 8.50. The van der Waals surface area contributed by atoms with Gasteiger partial charge >= 0.3 is 6.09 Å². The Labute approximate surface area is 136 Å². The predicted molar refractivity (Wildman–Crippen MR) is 91.6 cm³/mol. The molecule has 0 heterocycles. The van der Waals surface area contributed by atoms with Crippen LogP contribution >= 0.6 is 23.9 Å². The Hall–Kier alpha value is -0.890. The minimum atomic E-state index is -0.575. The second-order valence-electron chi connectivity index (χ2n) is 4.54. The van der Waals surface area contributed by atoms with Crippen LogP contribution in [0.3, 0.4) is 0 Å². The smallest absolute Gasteiger partial charge is 0.447 e. The average Bonchev–Trinajstić information content (AvgIpc) is 2.46. The number of amides is 1. The molecule has 0 spiro atoms. The van der Waals surface area contributed by atoms with E-state index in [1.54, 1.807) is 14.0 Å². The van der Waals surface area contributed by atoms with Crippen molar-refractivity contribution < 1.29 is 14.4 Å². The predicted octanol–water partition coefficient (Wildman–Crippen LogP) is 4.19. The number of carbonyl (C=O) groups excluding carboxylic acids is 1. The molecule has 1 amide bonds. The van der Waals surface area contributed by atoms with Crippen molar-refractivity contribution in [1.29, 1.82) is 0 Å². The maximum atomic E-state index is 11.7. The monoisotopic (exact) mass is 335 g/mol. The number of oxime groups is 1. The van der Waals surface area contributed by atoms with Gasteiger partial charge in [-0.15, -0.1) is 11.8 Å². The van der Waals surface area contributed by atoms with Gasteiger partial charge in [0.05, 0.1) is 6.61 Å². The molecule has 0 saturated carbocycles. The van der Waals surface area contributed by atoms with Crippen molar-refractivity contribution in [2.24, 2.45) is 15.5 Å². The molecule has 0 aromatic rings. The van der Waals surface area contributed by atoms with Gasteiger partial charge in [0.1, 0.15) is 17.2 Å². The molecule has 8 heteroatoms. The molecule has 0 radical (unpaired) electrons. The van der Waals surface area contributed by atoms with Crippen molar-refractivity contribution in [1.82, 2.24) is 4.31 Å². The molecule has 0 aromatic heterocycles. The molecule has 6 nitrogen and oxygen atoms in total. The number of hydrogen-bond donors (Lipinski definition) is 0. The molecule has 0 aromatic carbocycles. The quantitative estimate of drug-likeness (QED) is 0.174. The lowest BCUT2D eigenvalue weighted by Crippen LogP contribution is -2.20. The fraction of sp³-hybridized carbons (Fsp3) is 0.769. The molecule has 0 unspecified atom stereocenters. The highest BCUT2D eigenvalue weighted by molar-refractivity contribution is 8.13. The molecule has 0 saturated heterocycles. The van der Waals surface area contributed by atoms with Crippen LogP contribution in [0, 0.1) is 5.92 Å². The Morgan fingerprint density at radius 2 is 2.05 bits per heavy atom. The molecule has 21 heavy (non-hydrogen) atoms. The summed E-state index contributed by atoms with van der Waals surface area (Å²) in [6.07, 6.45) is 3.33. The second-order valence-corrected chi connectivity index (χ2v) is 6.43. The van der Waals surface area contributed by atoms with Crippen LogP contribution in [0.2, 0.25) is 0 Å². The molecular formula is C13H25N3O3S2. The first kappa shape index (κ1) is 20.1. The van der Waals surface area contributed by atoms with E-state index in [0.717, 1.165) is 25.0 Å². The molecule has 0 bridgehead atoms. The van der Waals surface area contributed by atoms with Crippen molar-refractivity contribution in [3.63, 3.8) is 0 Å². The van der Waals surface area contributed by atoms with E-state index in [1.807, 2.05) is 20.1 Å². The summed E-state index contributed by atoms with van der Waals surface area (Å²) in [5, 5.41) is 4.36. The summed E-state index contributed by atoms with van der Waals surface area (Å²) < 4.78 is 11.1.